The molecule has 0 N–H and O–H groups in total. The molecule has 15 aromatic carbocycles. The Balaban J connectivity index is 0.000000171. The molecular weight excluding hydrogens is 1700 g/mol. The summed E-state index contributed by atoms with van der Waals surface area (Å²) in [6.07, 6.45) is 15.0. The molecule has 15 aromatic rings. The molecule has 0 heterocycles. The third-order valence-electron chi connectivity index (χ3n) is 22.5. The van der Waals surface area contributed by atoms with Gasteiger partial charge < -0.3 is 81.0 Å². The Morgan fingerprint density at radius 3 is 0.452 bits per heavy atom. The summed E-state index contributed by atoms with van der Waals surface area (Å²) in [4.78, 5) is 7.67. The number of hydrogen-bond acceptors (Lipinski definition) is 18. The van der Waals surface area contributed by atoms with Crippen LogP contribution in [0.4, 0.5) is 17.1 Å². The second-order valence-electron chi connectivity index (χ2n) is 30.3. The quantitative estimate of drug-likeness (QED) is 0.0344. The second kappa shape index (κ2) is 48.5. The van der Waals surface area contributed by atoms with E-state index in [1.165, 1.54) is 4.90 Å². The highest BCUT2D eigenvalue weighted by Gasteiger charge is 2.21. The van der Waals surface area contributed by atoms with E-state index in [1.54, 1.807) is 111 Å². The van der Waals surface area contributed by atoms with Crippen molar-refractivity contribution in [3.63, 3.8) is 0 Å². The molecule has 0 radical (unpaired) electrons. The Bertz CT molecular complexity index is 5560. The maximum atomic E-state index is 5.63. The Kier molecular flexibility index (Phi) is 34.6. The highest BCUT2D eigenvalue weighted by Crippen LogP contribution is 2.40. The lowest BCUT2D eigenvalue weighted by atomic mass is 9.97. The zero-order valence-corrected chi connectivity index (χ0v) is 79.4. The summed E-state index contributed by atoms with van der Waals surface area (Å²) in [6, 6.07) is 122. The number of methoxy groups -OCH3 is 14. The Hall–Kier alpha value is -16.3. The summed E-state index contributed by atoms with van der Waals surface area (Å²) >= 11 is 1.72. The SMILES string of the molecule is COc1ccc(C(=CN(C=C(c2ccc(OC)cc2)c2ccc(OC)cc2)c2ccc(OC)cc2)c2ccc(OC)cc2)cc1.COc1ccc(C(=CN(C=C(c2ccc(OC)cc2)c2ccc(OC)cc2)c2ccc(SC)cc2)c2ccc(OC)cc2)cc1.COc1ccc(C(=CN(C=C(c2ccc(OC)cc2)c2ccc(OC)cc2)c2cccc(OC)c2)c2ccc(OC)cc2)cc1. The maximum Gasteiger partial charge on any atom is 0.120 e. The fourth-order valence-electron chi connectivity index (χ4n) is 14.8. The Morgan fingerprint density at radius 2 is 0.304 bits per heavy atom. The molecule has 135 heavy (non-hydrogen) atoms. The van der Waals surface area contributed by atoms with E-state index in [4.69, 9.17) is 66.3 Å². The fourth-order valence-corrected chi connectivity index (χ4v) is 15.2. The minimum atomic E-state index is 0.755. The van der Waals surface area contributed by atoms with Crippen molar-refractivity contribution >= 4 is 62.3 Å². The molecule has 0 unspecified atom stereocenters. The van der Waals surface area contributed by atoms with E-state index < -0.39 is 0 Å². The number of benzene rings is 15. The van der Waals surface area contributed by atoms with Gasteiger partial charge in [-0.15, -0.1) is 11.8 Å². The van der Waals surface area contributed by atoms with Crippen LogP contribution < -0.4 is 81.0 Å². The summed E-state index contributed by atoms with van der Waals surface area (Å²) in [5, 5.41) is 0. The molecule has 18 heteroatoms. The van der Waals surface area contributed by atoms with Crippen LogP contribution in [0.1, 0.15) is 66.8 Å². The van der Waals surface area contributed by atoms with Gasteiger partial charge in [-0.1, -0.05) is 152 Å². The lowest BCUT2D eigenvalue weighted by Crippen LogP contribution is -2.11. The van der Waals surface area contributed by atoms with Crippen LogP contribution >= 0.6 is 11.8 Å². The first-order valence-electron chi connectivity index (χ1n) is 43.5. The number of thioether (sulfide) groups is 1. The summed E-state index contributed by atoms with van der Waals surface area (Å²) in [5.74, 6) is 11.1. The first kappa shape index (κ1) is 96.3. The van der Waals surface area contributed by atoms with Crippen molar-refractivity contribution < 1.29 is 66.3 Å². The summed E-state index contributed by atoms with van der Waals surface area (Å²) in [6.45, 7) is 0. The molecule has 17 nitrogen and oxygen atoms in total. The molecule has 0 aliphatic carbocycles. The van der Waals surface area contributed by atoms with Gasteiger partial charge in [0.1, 0.15) is 80.5 Å². The first-order valence-corrected chi connectivity index (χ1v) is 44.7. The Morgan fingerprint density at radius 1 is 0.163 bits per heavy atom. The van der Waals surface area contributed by atoms with E-state index >= 15 is 0 Å². The first-order chi connectivity index (χ1) is 66.1. The average molecular weight is 1820 g/mol. The van der Waals surface area contributed by atoms with E-state index in [2.05, 4.69) is 234 Å². The van der Waals surface area contributed by atoms with Crippen molar-refractivity contribution in [3.05, 3.63) is 468 Å². The molecule has 0 saturated carbocycles. The minimum Gasteiger partial charge on any atom is -0.497 e. The number of nitrogens with zero attached hydrogens (tertiary/aromatic N) is 3. The van der Waals surface area contributed by atoms with Crippen LogP contribution in [-0.4, -0.2) is 106 Å². The minimum absolute atomic E-state index is 0.755. The zero-order chi connectivity index (χ0) is 94.8. The van der Waals surface area contributed by atoms with E-state index in [0.717, 1.165) is 198 Å². The molecule has 0 amide bonds. The van der Waals surface area contributed by atoms with E-state index in [9.17, 15) is 0 Å². The van der Waals surface area contributed by atoms with Gasteiger partial charge in [0.25, 0.3) is 0 Å². The van der Waals surface area contributed by atoms with E-state index in [-0.39, 0.29) is 0 Å². The lowest BCUT2D eigenvalue weighted by Gasteiger charge is -2.22. The molecule has 0 aliphatic rings. The maximum absolute atomic E-state index is 5.63. The predicted octanol–water partition coefficient (Wildman–Crippen LogP) is 26.9. The topological polar surface area (TPSA) is 139 Å². The highest BCUT2D eigenvalue weighted by molar-refractivity contribution is 7.98. The summed E-state index contributed by atoms with van der Waals surface area (Å²) < 4.78 is 76.6. The smallest absolute Gasteiger partial charge is 0.120 e. The van der Waals surface area contributed by atoms with E-state index in [1.807, 2.05) is 188 Å². The number of ether oxygens (including phenoxy) is 14. The monoisotopic (exact) mass is 1810 g/mol. The van der Waals surface area contributed by atoms with Gasteiger partial charge in [-0.3, -0.25) is 0 Å². The lowest BCUT2D eigenvalue weighted by molar-refractivity contribution is 0.414. The average Bonchev–Trinajstić information content (AvgIpc) is 0.800. The molecule has 0 saturated heterocycles. The van der Waals surface area contributed by atoms with Gasteiger partial charge in [0.15, 0.2) is 0 Å². The van der Waals surface area contributed by atoms with Gasteiger partial charge in [0.2, 0.25) is 0 Å². The largest absolute Gasteiger partial charge is 0.497 e. The van der Waals surface area contributed by atoms with Gasteiger partial charge in [-0.25, -0.2) is 0 Å². The van der Waals surface area contributed by atoms with Crippen LogP contribution in [-0.2, 0) is 0 Å². The normalized spacial score (nSPS) is 10.4. The van der Waals surface area contributed by atoms with Crippen molar-refractivity contribution in [2.24, 2.45) is 0 Å². The van der Waals surface area contributed by atoms with Crippen molar-refractivity contribution in [2.75, 3.05) is 120 Å². The molecule has 0 fully saturated rings. The molecule has 0 spiro atoms. The molecule has 684 valence electrons. The number of rotatable bonds is 36. The third-order valence-corrected chi connectivity index (χ3v) is 23.3. The van der Waals surface area contributed by atoms with Gasteiger partial charge in [-0.05, 0) is 279 Å². The van der Waals surface area contributed by atoms with Crippen LogP contribution in [0, 0.1) is 0 Å². The molecule has 15 rings (SSSR count). The van der Waals surface area contributed by atoms with Gasteiger partial charge in [-0.2, -0.15) is 0 Å². The second-order valence-corrected chi connectivity index (χ2v) is 31.2. The van der Waals surface area contributed by atoms with Crippen molar-refractivity contribution in [1.29, 1.82) is 0 Å². The third kappa shape index (κ3) is 25.7. The molecule has 0 atom stereocenters. The molecule has 0 bridgehead atoms. The van der Waals surface area contributed by atoms with Crippen molar-refractivity contribution in [2.45, 2.75) is 4.90 Å². The van der Waals surface area contributed by atoms with E-state index in [0.29, 0.717) is 0 Å². The standard InChI is InChI=1S/2C39H37NO5.C39H37NO4S/c1-41-33-16-6-28(7-17-33)38(29-8-18-34(42-2)19-9-29)26-40(32-14-24-37(45-5)25-15-32)27-39(30-10-20-35(43-3)21-11-30)31-12-22-36(44-4)23-13-31;1-41-33-17-9-28(10-18-33)38(29-11-19-34(42-2)20-12-29)26-40(32-7-6-8-37(25-32)45-5)27-39(30-13-21-35(43-3)22-14-30)31-15-23-36(44-4)24-16-31;1-41-33-16-6-28(7-17-33)38(29-8-18-34(42-2)19-9-29)26-40(32-14-24-37(45-5)25-15-32)27-39(30-10-20-35(43-3)21-11-30)31-12-22-36(44-4)23-13-31/h3*6-27H,1-5H3. The van der Waals surface area contributed by atoms with Gasteiger partial charge >= 0.3 is 0 Å². The highest BCUT2D eigenvalue weighted by atomic mass is 32.2. The van der Waals surface area contributed by atoms with Crippen molar-refractivity contribution in [1.82, 2.24) is 0 Å². The van der Waals surface area contributed by atoms with Gasteiger partial charge in [0, 0.05) is 98.7 Å². The van der Waals surface area contributed by atoms with Crippen LogP contribution in [0.25, 0.3) is 33.4 Å². The van der Waals surface area contributed by atoms with Crippen LogP contribution in [0.15, 0.2) is 406 Å². The summed E-state index contributed by atoms with van der Waals surface area (Å²) in [5.41, 5.74) is 21.4. The predicted molar refractivity (Wildman–Crippen MR) is 550 cm³/mol. The zero-order valence-electron chi connectivity index (χ0n) is 78.6. The van der Waals surface area contributed by atoms with Crippen LogP contribution in [0.3, 0.4) is 0 Å². The fraction of sp³-hybridized carbons (Fsp3) is 0.128. The molecule has 0 aromatic heterocycles. The molecule has 0 aliphatic heterocycles. The number of anilines is 3. The Labute approximate surface area is 797 Å². The van der Waals surface area contributed by atoms with Crippen LogP contribution in [0.2, 0.25) is 0 Å². The van der Waals surface area contributed by atoms with Crippen LogP contribution in [0.5, 0.6) is 80.5 Å². The summed E-state index contributed by atoms with van der Waals surface area (Å²) in [7, 11) is 23.4. The van der Waals surface area contributed by atoms with Crippen molar-refractivity contribution in [3.8, 4) is 80.5 Å². The molecular formula is C117H111N3O14S. The van der Waals surface area contributed by atoms with Gasteiger partial charge in [0.05, 0.1) is 99.5 Å². The number of hydrogen-bond donors (Lipinski definition) is 0.